The number of rotatable bonds is 6. The van der Waals surface area contributed by atoms with Gasteiger partial charge >= 0.3 is 0 Å². The molecule has 0 atom stereocenters. The van der Waals surface area contributed by atoms with E-state index in [4.69, 9.17) is 5.73 Å². The molecule has 2 N–H and O–H groups in total. The van der Waals surface area contributed by atoms with Crippen LogP contribution in [0.4, 0.5) is 0 Å². The fourth-order valence-corrected chi connectivity index (χ4v) is 3.99. The highest BCUT2D eigenvalue weighted by atomic mass is 16.2. The first-order valence-electron chi connectivity index (χ1n) is 8.31. The molecule has 2 rings (SSSR count). The van der Waals surface area contributed by atoms with Gasteiger partial charge in [-0.05, 0) is 37.6 Å². The van der Waals surface area contributed by atoms with Gasteiger partial charge in [-0.1, -0.05) is 38.2 Å². The molecule has 2 aliphatic carbocycles. The molecule has 3 nitrogen and oxygen atoms in total. The van der Waals surface area contributed by atoms with Crippen LogP contribution >= 0.6 is 0 Å². The summed E-state index contributed by atoms with van der Waals surface area (Å²) in [6.07, 6.45) is 13.4. The molecular formula is C17H30N2O. The first kappa shape index (κ1) is 15.6. The molecule has 0 aromatic heterocycles. The van der Waals surface area contributed by atoms with Crippen LogP contribution in [0.5, 0.6) is 0 Å². The Morgan fingerprint density at radius 3 is 2.40 bits per heavy atom. The van der Waals surface area contributed by atoms with Gasteiger partial charge in [0.1, 0.15) is 0 Å². The summed E-state index contributed by atoms with van der Waals surface area (Å²) in [4.78, 5) is 14.9. The molecular weight excluding hydrogens is 248 g/mol. The average Bonchev–Trinajstić information content (AvgIpc) is 2.99. The Morgan fingerprint density at radius 2 is 1.85 bits per heavy atom. The van der Waals surface area contributed by atoms with Crippen molar-refractivity contribution < 1.29 is 4.79 Å². The maximum Gasteiger partial charge on any atom is 0.223 e. The van der Waals surface area contributed by atoms with Crippen LogP contribution in [0.15, 0.2) is 12.7 Å². The van der Waals surface area contributed by atoms with Crippen LogP contribution < -0.4 is 5.73 Å². The molecule has 0 aromatic rings. The molecule has 0 aliphatic heterocycles. The molecule has 3 heteroatoms. The van der Waals surface area contributed by atoms with Gasteiger partial charge in [0.15, 0.2) is 0 Å². The number of carbonyl (C=O) groups is 1. The second-order valence-corrected chi connectivity index (χ2v) is 6.71. The van der Waals surface area contributed by atoms with Crippen molar-refractivity contribution in [3.8, 4) is 0 Å². The topological polar surface area (TPSA) is 46.3 Å². The standard InChI is InChI=1S/C17H30N2O/c1-2-12-19(15-8-4-5-9-15)16(20)13-17(14-18)10-6-3-7-11-17/h2,15H,1,3-14,18H2. The summed E-state index contributed by atoms with van der Waals surface area (Å²) >= 11 is 0. The van der Waals surface area contributed by atoms with E-state index < -0.39 is 0 Å². The summed E-state index contributed by atoms with van der Waals surface area (Å²) in [5.41, 5.74) is 6.10. The highest BCUT2D eigenvalue weighted by Gasteiger charge is 2.36. The van der Waals surface area contributed by atoms with Crippen LogP contribution in [-0.4, -0.2) is 29.9 Å². The zero-order chi connectivity index (χ0) is 14.4. The summed E-state index contributed by atoms with van der Waals surface area (Å²) in [6, 6.07) is 0.443. The van der Waals surface area contributed by atoms with E-state index in [1.54, 1.807) is 0 Å². The molecule has 2 fully saturated rings. The van der Waals surface area contributed by atoms with Crippen LogP contribution in [0, 0.1) is 5.41 Å². The van der Waals surface area contributed by atoms with Gasteiger partial charge in [0.2, 0.25) is 5.91 Å². The Kier molecular flexibility index (Phi) is 5.64. The van der Waals surface area contributed by atoms with Gasteiger partial charge in [0.05, 0.1) is 0 Å². The molecule has 0 bridgehead atoms. The second kappa shape index (κ2) is 7.26. The highest BCUT2D eigenvalue weighted by Crippen LogP contribution is 2.39. The van der Waals surface area contributed by atoms with Crippen LogP contribution in [-0.2, 0) is 4.79 Å². The van der Waals surface area contributed by atoms with E-state index >= 15 is 0 Å². The Labute approximate surface area is 123 Å². The van der Waals surface area contributed by atoms with E-state index in [2.05, 4.69) is 11.5 Å². The molecule has 1 amide bonds. The Morgan fingerprint density at radius 1 is 1.20 bits per heavy atom. The van der Waals surface area contributed by atoms with Crippen molar-refractivity contribution in [1.29, 1.82) is 0 Å². The summed E-state index contributed by atoms with van der Waals surface area (Å²) < 4.78 is 0. The van der Waals surface area contributed by atoms with Crippen molar-refractivity contribution in [2.45, 2.75) is 70.3 Å². The zero-order valence-electron chi connectivity index (χ0n) is 12.8. The quantitative estimate of drug-likeness (QED) is 0.758. The Balaban J connectivity index is 2.00. The van der Waals surface area contributed by atoms with Crippen molar-refractivity contribution in [3.05, 3.63) is 12.7 Å². The fourth-order valence-electron chi connectivity index (χ4n) is 3.99. The fraction of sp³-hybridized carbons (Fsp3) is 0.824. The lowest BCUT2D eigenvalue weighted by molar-refractivity contribution is -0.135. The Bertz CT molecular complexity index is 328. The maximum atomic E-state index is 12.8. The van der Waals surface area contributed by atoms with E-state index in [1.165, 1.54) is 32.1 Å². The second-order valence-electron chi connectivity index (χ2n) is 6.71. The van der Waals surface area contributed by atoms with Gasteiger partial charge in [0, 0.05) is 19.0 Å². The SMILES string of the molecule is C=CCN(C(=O)CC1(CN)CCCCC1)C1CCCC1. The van der Waals surface area contributed by atoms with Gasteiger partial charge in [-0.2, -0.15) is 0 Å². The maximum absolute atomic E-state index is 12.8. The van der Waals surface area contributed by atoms with Crippen molar-refractivity contribution in [3.63, 3.8) is 0 Å². The molecule has 0 unspecified atom stereocenters. The van der Waals surface area contributed by atoms with Gasteiger partial charge in [-0.15, -0.1) is 6.58 Å². The minimum absolute atomic E-state index is 0.0767. The third kappa shape index (κ3) is 3.63. The van der Waals surface area contributed by atoms with E-state index in [9.17, 15) is 4.79 Å². The summed E-state index contributed by atoms with van der Waals surface area (Å²) in [7, 11) is 0. The minimum Gasteiger partial charge on any atom is -0.336 e. The first-order valence-corrected chi connectivity index (χ1v) is 8.31. The lowest BCUT2D eigenvalue weighted by atomic mass is 9.71. The molecule has 0 saturated heterocycles. The molecule has 114 valence electrons. The summed E-state index contributed by atoms with van der Waals surface area (Å²) in [6.45, 7) is 5.18. The van der Waals surface area contributed by atoms with E-state index in [0.29, 0.717) is 31.5 Å². The molecule has 20 heavy (non-hydrogen) atoms. The van der Waals surface area contributed by atoms with Crippen LogP contribution in [0.1, 0.15) is 64.2 Å². The molecule has 0 radical (unpaired) electrons. The van der Waals surface area contributed by atoms with Gasteiger partial charge in [0.25, 0.3) is 0 Å². The van der Waals surface area contributed by atoms with Gasteiger partial charge < -0.3 is 10.6 Å². The van der Waals surface area contributed by atoms with Crippen LogP contribution in [0.25, 0.3) is 0 Å². The summed E-state index contributed by atoms with van der Waals surface area (Å²) in [5, 5.41) is 0. The zero-order valence-corrected chi connectivity index (χ0v) is 12.8. The molecule has 2 aliphatic rings. The van der Waals surface area contributed by atoms with E-state index in [0.717, 1.165) is 25.7 Å². The third-order valence-electron chi connectivity index (χ3n) is 5.29. The average molecular weight is 278 g/mol. The van der Waals surface area contributed by atoms with E-state index in [1.807, 2.05) is 6.08 Å². The molecule has 0 aromatic carbocycles. The number of carbonyl (C=O) groups excluding carboxylic acids is 1. The van der Waals surface area contributed by atoms with Crippen molar-refractivity contribution >= 4 is 5.91 Å². The highest BCUT2D eigenvalue weighted by molar-refractivity contribution is 5.77. The first-order chi connectivity index (χ1) is 9.71. The molecule has 0 spiro atoms. The number of nitrogens with two attached hydrogens (primary N) is 1. The van der Waals surface area contributed by atoms with Crippen LogP contribution in [0.3, 0.4) is 0 Å². The smallest absolute Gasteiger partial charge is 0.223 e. The van der Waals surface area contributed by atoms with Crippen molar-refractivity contribution in [2.75, 3.05) is 13.1 Å². The number of hydrogen-bond acceptors (Lipinski definition) is 2. The van der Waals surface area contributed by atoms with E-state index in [-0.39, 0.29) is 5.41 Å². The summed E-state index contributed by atoms with van der Waals surface area (Å²) in [5.74, 6) is 0.309. The minimum atomic E-state index is 0.0767. The van der Waals surface area contributed by atoms with Crippen LogP contribution in [0.2, 0.25) is 0 Å². The monoisotopic (exact) mass is 278 g/mol. The van der Waals surface area contributed by atoms with Crippen molar-refractivity contribution in [1.82, 2.24) is 4.90 Å². The van der Waals surface area contributed by atoms with Gasteiger partial charge in [-0.3, -0.25) is 4.79 Å². The van der Waals surface area contributed by atoms with Gasteiger partial charge in [-0.25, -0.2) is 0 Å². The lowest BCUT2D eigenvalue weighted by Crippen LogP contribution is -2.44. The predicted molar refractivity (Wildman–Crippen MR) is 83.4 cm³/mol. The number of amides is 1. The Hall–Kier alpha value is -0.830. The molecule has 2 saturated carbocycles. The molecule has 0 heterocycles. The number of nitrogens with zero attached hydrogens (tertiary/aromatic N) is 1. The van der Waals surface area contributed by atoms with Crippen molar-refractivity contribution in [2.24, 2.45) is 11.1 Å². The third-order valence-corrected chi connectivity index (χ3v) is 5.29. The largest absolute Gasteiger partial charge is 0.336 e. The normalized spacial score (nSPS) is 22.6. The number of hydrogen-bond donors (Lipinski definition) is 1. The predicted octanol–water partition coefficient (Wildman–Crippen LogP) is 3.24. The lowest BCUT2D eigenvalue weighted by Gasteiger charge is -2.38.